The number of anilines is 2. The van der Waals surface area contributed by atoms with E-state index in [1.807, 2.05) is 38.1 Å². The fourth-order valence-electron chi connectivity index (χ4n) is 4.01. The number of fused-ring (bicyclic) bond motifs is 1. The van der Waals surface area contributed by atoms with Crippen LogP contribution in [0.2, 0.25) is 0 Å². The molecule has 0 aliphatic carbocycles. The number of alkyl halides is 4. The van der Waals surface area contributed by atoms with Crippen molar-refractivity contribution in [2.24, 2.45) is 0 Å². The smallest absolute Gasteiger partial charge is 0.276 e. The molecule has 0 saturated carbocycles. The van der Waals surface area contributed by atoms with Crippen molar-refractivity contribution in [2.45, 2.75) is 58.7 Å². The van der Waals surface area contributed by atoms with Crippen molar-refractivity contribution in [3.05, 3.63) is 58.5 Å². The molecule has 2 atom stereocenters. The van der Waals surface area contributed by atoms with E-state index in [9.17, 15) is 22.4 Å². The summed E-state index contributed by atoms with van der Waals surface area (Å²) in [5.74, 6) is -0.673. The number of benzene rings is 1. The lowest BCUT2D eigenvalue weighted by molar-refractivity contribution is 0.0419. The van der Waals surface area contributed by atoms with Gasteiger partial charge < -0.3 is 10.6 Å². The minimum absolute atomic E-state index is 0.0364. The van der Waals surface area contributed by atoms with Gasteiger partial charge in [0.1, 0.15) is 11.9 Å². The van der Waals surface area contributed by atoms with Crippen LogP contribution in [0.15, 0.2) is 30.3 Å². The summed E-state index contributed by atoms with van der Waals surface area (Å²) in [4.78, 5) is 12.9. The highest BCUT2D eigenvalue weighted by Crippen LogP contribution is 2.34. The molecule has 4 rings (SSSR count). The van der Waals surface area contributed by atoms with Crippen LogP contribution in [0.1, 0.15) is 45.5 Å². The van der Waals surface area contributed by atoms with Gasteiger partial charge in [-0.25, -0.2) is 22.2 Å². The summed E-state index contributed by atoms with van der Waals surface area (Å²) in [5.41, 5.74) is 3.84. The number of carbonyl (C=O) groups is 1. The van der Waals surface area contributed by atoms with Crippen molar-refractivity contribution in [3.63, 3.8) is 0 Å². The van der Waals surface area contributed by atoms with Crippen LogP contribution in [0.3, 0.4) is 0 Å². The van der Waals surface area contributed by atoms with Gasteiger partial charge in [-0.2, -0.15) is 10.2 Å². The first-order valence-electron chi connectivity index (χ1n) is 10.5. The molecule has 2 aromatic heterocycles. The Kier molecular flexibility index (Phi) is 6.13. The molecule has 1 aliphatic heterocycles. The lowest BCUT2D eigenvalue weighted by Gasteiger charge is -2.31. The van der Waals surface area contributed by atoms with E-state index >= 15 is 0 Å². The van der Waals surface area contributed by atoms with E-state index in [0.717, 1.165) is 21.5 Å². The number of carbonyl (C=O) groups excluding carboxylic acids is 1. The molecular formula is C22H24F4N6O. The van der Waals surface area contributed by atoms with Gasteiger partial charge in [-0.15, -0.1) is 0 Å². The van der Waals surface area contributed by atoms with E-state index in [4.69, 9.17) is 0 Å². The molecule has 3 aromatic rings. The topological polar surface area (TPSA) is 76.8 Å². The number of nitrogens with zero attached hydrogens (tertiary/aromatic N) is 4. The summed E-state index contributed by atoms with van der Waals surface area (Å²) in [6.07, 6.45) is -6.21. The van der Waals surface area contributed by atoms with E-state index in [0.29, 0.717) is 17.9 Å². The van der Waals surface area contributed by atoms with Crippen molar-refractivity contribution in [3.8, 4) is 0 Å². The average molecular weight is 464 g/mol. The predicted molar refractivity (Wildman–Crippen MR) is 115 cm³/mol. The Bertz CT molecular complexity index is 1170. The zero-order valence-corrected chi connectivity index (χ0v) is 18.3. The molecule has 0 unspecified atom stereocenters. The van der Waals surface area contributed by atoms with Gasteiger partial charge in [0.15, 0.2) is 5.69 Å². The summed E-state index contributed by atoms with van der Waals surface area (Å²) < 4.78 is 55.9. The molecule has 0 spiro atoms. The number of amides is 1. The van der Waals surface area contributed by atoms with Crippen molar-refractivity contribution in [2.75, 3.05) is 10.6 Å². The van der Waals surface area contributed by atoms with Crippen LogP contribution in [0.5, 0.6) is 0 Å². The Morgan fingerprint density at radius 3 is 2.55 bits per heavy atom. The molecule has 0 radical (unpaired) electrons. The molecule has 1 aliphatic rings. The van der Waals surface area contributed by atoms with Crippen LogP contribution >= 0.6 is 0 Å². The number of hydrogen-bond donors (Lipinski definition) is 2. The lowest BCUT2D eigenvalue weighted by Crippen LogP contribution is -2.39. The molecular weight excluding hydrogens is 440 g/mol. The SMILES string of the molecule is Cc1ccccc1Cn1nc(C)c(NC(=O)c2cc3n(n2)[C@H](C(F)F)C[C@H](C(F)F)N3)c1C. The van der Waals surface area contributed by atoms with Crippen LogP contribution in [0, 0.1) is 20.8 Å². The Morgan fingerprint density at radius 2 is 1.88 bits per heavy atom. The largest absolute Gasteiger partial charge is 0.362 e. The van der Waals surface area contributed by atoms with Gasteiger partial charge in [0.05, 0.1) is 29.7 Å². The second kappa shape index (κ2) is 8.87. The third kappa shape index (κ3) is 4.44. The van der Waals surface area contributed by atoms with Crippen molar-refractivity contribution >= 4 is 17.4 Å². The van der Waals surface area contributed by atoms with Gasteiger partial charge in [-0.1, -0.05) is 24.3 Å². The molecule has 0 bridgehead atoms. The Hall–Kier alpha value is -3.37. The monoisotopic (exact) mass is 464 g/mol. The highest BCUT2D eigenvalue weighted by molar-refractivity contribution is 6.04. The first kappa shape index (κ1) is 22.8. The molecule has 7 nitrogen and oxygen atoms in total. The van der Waals surface area contributed by atoms with Gasteiger partial charge in [-0.05, 0) is 31.9 Å². The molecule has 1 aromatic carbocycles. The van der Waals surface area contributed by atoms with E-state index in [-0.39, 0.29) is 11.5 Å². The molecule has 33 heavy (non-hydrogen) atoms. The third-order valence-electron chi connectivity index (χ3n) is 5.91. The summed E-state index contributed by atoms with van der Waals surface area (Å²) in [6, 6.07) is 6.13. The number of hydrogen-bond acceptors (Lipinski definition) is 4. The van der Waals surface area contributed by atoms with Gasteiger partial charge in [0.2, 0.25) is 0 Å². The van der Waals surface area contributed by atoms with Gasteiger partial charge in [0.25, 0.3) is 18.8 Å². The Labute approximate surface area is 187 Å². The van der Waals surface area contributed by atoms with Crippen LogP contribution < -0.4 is 10.6 Å². The second-order valence-corrected chi connectivity index (χ2v) is 8.17. The van der Waals surface area contributed by atoms with E-state index in [1.165, 1.54) is 6.07 Å². The van der Waals surface area contributed by atoms with Crippen LogP contribution in [-0.4, -0.2) is 44.4 Å². The molecule has 3 heterocycles. The maximum absolute atomic E-state index is 13.5. The fraction of sp³-hybridized carbons (Fsp3) is 0.409. The number of nitrogens with one attached hydrogen (secondary N) is 2. The van der Waals surface area contributed by atoms with E-state index in [1.54, 1.807) is 11.6 Å². The zero-order valence-electron chi connectivity index (χ0n) is 18.3. The fourth-order valence-corrected chi connectivity index (χ4v) is 4.01. The molecule has 11 heteroatoms. The number of aromatic nitrogens is 4. The standard InChI is InChI=1S/C22H24F4N6O/c1-11-6-4-5-7-14(11)10-31-13(3)19(12(2)29-31)28-22(33)16-9-18-27-15(20(23)24)8-17(21(25)26)32(18)30-16/h4-7,9,15,17,20-21,27H,8,10H2,1-3H3,(H,28,33)/t15-,17+/m1/s1. The molecule has 176 valence electrons. The maximum Gasteiger partial charge on any atom is 0.276 e. The first-order valence-corrected chi connectivity index (χ1v) is 10.5. The predicted octanol–water partition coefficient (Wildman–Crippen LogP) is 4.56. The van der Waals surface area contributed by atoms with E-state index < -0.39 is 37.3 Å². The third-order valence-corrected chi connectivity index (χ3v) is 5.91. The van der Waals surface area contributed by atoms with Crippen LogP contribution in [0.25, 0.3) is 0 Å². The lowest BCUT2D eigenvalue weighted by atomic mass is 10.1. The maximum atomic E-state index is 13.5. The Balaban J connectivity index is 1.57. The van der Waals surface area contributed by atoms with Crippen LogP contribution in [0.4, 0.5) is 29.1 Å². The number of halogens is 4. The first-order chi connectivity index (χ1) is 15.7. The van der Waals surface area contributed by atoms with Crippen LogP contribution in [-0.2, 0) is 6.54 Å². The van der Waals surface area contributed by atoms with Gasteiger partial charge in [-0.3, -0.25) is 9.48 Å². The van der Waals surface area contributed by atoms with Crippen molar-refractivity contribution in [1.29, 1.82) is 0 Å². The highest BCUT2D eigenvalue weighted by Gasteiger charge is 2.38. The number of rotatable bonds is 6. The van der Waals surface area contributed by atoms with Crippen molar-refractivity contribution in [1.82, 2.24) is 19.6 Å². The molecule has 0 fully saturated rings. The quantitative estimate of drug-likeness (QED) is 0.525. The van der Waals surface area contributed by atoms with Crippen molar-refractivity contribution < 1.29 is 22.4 Å². The summed E-state index contributed by atoms with van der Waals surface area (Å²) in [6.45, 7) is 6.08. The number of aryl methyl sites for hydroxylation is 2. The van der Waals surface area contributed by atoms with Gasteiger partial charge >= 0.3 is 0 Å². The Morgan fingerprint density at radius 1 is 1.15 bits per heavy atom. The summed E-state index contributed by atoms with van der Waals surface area (Å²) in [5, 5.41) is 13.7. The van der Waals surface area contributed by atoms with E-state index in [2.05, 4.69) is 20.8 Å². The second-order valence-electron chi connectivity index (χ2n) is 8.17. The highest BCUT2D eigenvalue weighted by atomic mass is 19.3. The molecule has 0 saturated heterocycles. The summed E-state index contributed by atoms with van der Waals surface area (Å²) in [7, 11) is 0. The molecule has 1 amide bonds. The zero-order chi connectivity index (χ0) is 23.9. The normalized spacial score (nSPS) is 17.8. The van der Waals surface area contributed by atoms with Gasteiger partial charge in [0, 0.05) is 12.5 Å². The molecule has 2 N–H and O–H groups in total. The average Bonchev–Trinajstić information content (AvgIpc) is 3.31. The summed E-state index contributed by atoms with van der Waals surface area (Å²) >= 11 is 0. The minimum atomic E-state index is -2.90. The minimum Gasteiger partial charge on any atom is -0.362 e.